The molecule has 0 atom stereocenters. The molecule has 0 spiro atoms. The molecule has 0 amide bonds. The quantitative estimate of drug-likeness (QED) is 0.544. The summed E-state index contributed by atoms with van der Waals surface area (Å²) in [7, 11) is 0. The van der Waals surface area contributed by atoms with Crippen molar-refractivity contribution >= 4 is 11.2 Å². The van der Waals surface area contributed by atoms with Gasteiger partial charge >= 0.3 is 6.01 Å². The highest BCUT2D eigenvalue weighted by Crippen LogP contribution is 2.31. The molecule has 1 aromatic carbocycles. The topological polar surface area (TPSA) is 93.8 Å². The lowest BCUT2D eigenvalue weighted by Gasteiger charge is -2.02. The Kier molecular flexibility index (Phi) is 3.72. The number of aryl methyl sites for hydroxylation is 2. The molecule has 4 rings (SSSR count). The summed E-state index contributed by atoms with van der Waals surface area (Å²) in [6, 6.07) is 4.57. The van der Waals surface area contributed by atoms with E-state index in [9.17, 15) is 9.50 Å². The molecule has 0 bridgehead atoms. The predicted octanol–water partition coefficient (Wildman–Crippen LogP) is 4.37. The van der Waals surface area contributed by atoms with E-state index < -0.39 is 5.82 Å². The van der Waals surface area contributed by atoms with Gasteiger partial charge in [-0.05, 0) is 37.1 Å². The van der Waals surface area contributed by atoms with Crippen LogP contribution in [0.2, 0.25) is 0 Å². The minimum Gasteiger partial charge on any atom is -0.422 e. The van der Waals surface area contributed by atoms with E-state index in [0.29, 0.717) is 28.1 Å². The minimum atomic E-state index is -0.530. The molecule has 0 saturated carbocycles. The van der Waals surface area contributed by atoms with Gasteiger partial charge in [-0.25, -0.2) is 14.4 Å². The van der Waals surface area contributed by atoms with E-state index in [-0.39, 0.29) is 23.2 Å². The number of aromatic nitrogens is 4. The molecular weight excluding hydrogens is 339 g/mol. The van der Waals surface area contributed by atoms with Crippen molar-refractivity contribution in [2.24, 2.45) is 0 Å². The Morgan fingerprint density at radius 1 is 1.04 bits per heavy atom. The van der Waals surface area contributed by atoms with Crippen molar-refractivity contribution in [3.8, 4) is 29.0 Å². The molecule has 0 saturated heterocycles. The molecule has 0 aliphatic rings. The monoisotopic (exact) mass is 351 g/mol. The maximum atomic E-state index is 13.2. The molecule has 8 heteroatoms. The van der Waals surface area contributed by atoms with Gasteiger partial charge in [0.15, 0.2) is 11.5 Å². The van der Waals surface area contributed by atoms with Crippen LogP contribution in [0.5, 0.6) is 17.5 Å². The first-order valence-electron chi connectivity index (χ1n) is 7.70. The highest BCUT2D eigenvalue weighted by molar-refractivity contribution is 5.72. The first-order chi connectivity index (χ1) is 12.5. The van der Waals surface area contributed by atoms with Crippen LogP contribution in [0.4, 0.5) is 4.39 Å². The molecule has 129 valence electrons. The number of pyridine rings is 1. The smallest absolute Gasteiger partial charge is 0.325 e. The fraction of sp³-hybridized carbons (Fsp3) is 0.111. The number of ether oxygens (including phenoxy) is 1. The summed E-state index contributed by atoms with van der Waals surface area (Å²) in [6.45, 7) is 3.47. The number of rotatable bonds is 3. The number of oxazole rings is 1. The minimum absolute atomic E-state index is 0.0101. The third kappa shape index (κ3) is 2.92. The lowest BCUT2D eigenvalue weighted by molar-refractivity contribution is 0.348. The van der Waals surface area contributed by atoms with Crippen LogP contribution in [0, 0.1) is 19.7 Å². The van der Waals surface area contributed by atoms with Crippen LogP contribution in [-0.2, 0) is 5.11 Å². The normalized spacial score (nSPS) is 11.0. The molecule has 3 heterocycles. The van der Waals surface area contributed by atoms with Gasteiger partial charge in [-0.3, -0.25) is 10.1 Å². The van der Waals surface area contributed by atoms with Crippen molar-refractivity contribution < 1.29 is 18.7 Å². The maximum absolute atomic E-state index is 13.2. The second kappa shape index (κ2) is 6.07. The van der Waals surface area contributed by atoms with Crippen molar-refractivity contribution in [1.82, 2.24) is 19.9 Å². The summed E-state index contributed by atoms with van der Waals surface area (Å²) < 4.78 is 24.2. The highest BCUT2D eigenvalue weighted by Gasteiger charge is 2.14. The summed E-state index contributed by atoms with van der Waals surface area (Å²) in [5, 5.41) is 11.8. The molecule has 1 radical (unpaired) electrons. The largest absolute Gasteiger partial charge is 0.422 e. The average molecular weight is 351 g/mol. The zero-order chi connectivity index (χ0) is 18.3. The van der Waals surface area contributed by atoms with Crippen LogP contribution in [-0.4, -0.2) is 19.9 Å². The molecule has 4 aromatic rings. The van der Waals surface area contributed by atoms with Crippen LogP contribution >= 0.6 is 0 Å². The standard InChI is InChI=1S/C18H12FN4O3/c1-9-3-11(4-10(2)15(9)24)16-22-14-8-21-18(23-17(14)26-16)25-13-5-12(19)6-20-7-13/h3-8H,1-2H3. The summed E-state index contributed by atoms with van der Waals surface area (Å²) in [5.74, 6) is -0.0476. The van der Waals surface area contributed by atoms with E-state index >= 15 is 0 Å². The van der Waals surface area contributed by atoms with Crippen molar-refractivity contribution in [3.05, 3.63) is 53.7 Å². The van der Waals surface area contributed by atoms with Crippen LogP contribution in [0.15, 0.2) is 41.2 Å². The second-order valence-corrected chi connectivity index (χ2v) is 5.74. The van der Waals surface area contributed by atoms with E-state index in [2.05, 4.69) is 19.9 Å². The molecule has 0 aliphatic heterocycles. The van der Waals surface area contributed by atoms with Crippen molar-refractivity contribution in [1.29, 1.82) is 0 Å². The van der Waals surface area contributed by atoms with Gasteiger partial charge in [-0.1, -0.05) is 0 Å². The van der Waals surface area contributed by atoms with Crippen LogP contribution in [0.1, 0.15) is 11.1 Å². The van der Waals surface area contributed by atoms with E-state index in [1.165, 1.54) is 18.5 Å². The third-order valence-electron chi connectivity index (χ3n) is 3.73. The molecule has 7 nitrogen and oxygen atoms in total. The van der Waals surface area contributed by atoms with Gasteiger partial charge in [0.2, 0.25) is 5.89 Å². The Morgan fingerprint density at radius 3 is 2.54 bits per heavy atom. The first-order valence-corrected chi connectivity index (χ1v) is 7.70. The molecule has 0 unspecified atom stereocenters. The van der Waals surface area contributed by atoms with Crippen molar-refractivity contribution in [2.45, 2.75) is 13.8 Å². The zero-order valence-electron chi connectivity index (χ0n) is 13.9. The van der Waals surface area contributed by atoms with E-state index in [0.717, 1.165) is 6.20 Å². The number of hydrogen-bond acceptors (Lipinski definition) is 6. The third-order valence-corrected chi connectivity index (χ3v) is 3.73. The summed E-state index contributed by atoms with van der Waals surface area (Å²) in [5.41, 5.74) is 2.54. The van der Waals surface area contributed by atoms with Gasteiger partial charge in [-0.15, -0.1) is 0 Å². The van der Waals surface area contributed by atoms with Gasteiger partial charge in [0.05, 0.1) is 18.6 Å². The number of halogens is 1. The molecule has 3 aromatic heterocycles. The van der Waals surface area contributed by atoms with Crippen LogP contribution in [0.25, 0.3) is 22.7 Å². The van der Waals surface area contributed by atoms with Gasteiger partial charge < -0.3 is 9.15 Å². The van der Waals surface area contributed by atoms with E-state index in [1.807, 2.05) is 0 Å². The molecular formula is C18H12FN4O3. The lowest BCUT2D eigenvalue weighted by atomic mass is 10.1. The molecule has 0 fully saturated rings. The van der Waals surface area contributed by atoms with E-state index in [1.54, 1.807) is 26.0 Å². The predicted molar refractivity (Wildman–Crippen MR) is 88.9 cm³/mol. The number of nitrogens with zero attached hydrogens (tertiary/aromatic N) is 4. The SMILES string of the molecule is Cc1cc(-c2nc3cnc(Oc4cncc(F)c4)nc3o2)cc(C)c1[O]. The summed E-state index contributed by atoms with van der Waals surface area (Å²) in [4.78, 5) is 16.2. The zero-order valence-corrected chi connectivity index (χ0v) is 13.9. The number of fused-ring (bicyclic) bond motifs is 1. The van der Waals surface area contributed by atoms with Crippen molar-refractivity contribution in [3.63, 3.8) is 0 Å². The lowest BCUT2D eigenvalue weighted by Crippen LogP contribution is -1.92. The Morgan fingerprint density at radius 2 is 1.81 bits per heavy atom. The fourth-order valence-electron chi connectivity index (χ4n) is 2.52. The van der Waals surface area contributed by atoms with Crippen LogP contribution in [0.3, 0.4) is 0 Å². The number of benzene rings is 1. The Hall–Kier alpha value is -3.55. The van der Waals surface area contributed by atoms with Crippen LogP contribution < -0.4 is 4.74 Å². The molecule has 26 heavy (non-hydrogen) atoms. The average Bonchev–Trinajstić information content (AvgIpc) is 3.02. The van der Waals surface area contributed by atoms with Gasteiger partial charge in [-0.2, -0.15) is 4.98 Å². The van der Waals surface area contributed by atoms with Gasteiger partial charge in [0.1, 0.15) is 11.3 Å². The second-order valence-electron chi connectivity index (χ2n) is 5.74. The maximum Gasteiger partial charge on any atom is 0.325 e. The first kappa shape index (κ1) is 15.9. The molecule has 0 aliphatic carbocycles. The van der Waals surface area contributed by atoms with E-state index in [4.69, 9.17) is 9.15 Å². The van der Waals surface area contributed by atoms with Gasteiger partial charge in [0, 0.05) is 11.6 Å². The van der Waals surface area contributed by atoms with Crippen molar-refractivity contribution in [2.75, 3.05) is 0 Å². The Bertz CT molecular complexity index is 1100. The molecule has 0 N–H and O–H groups in total. The number of hydrogen-bond donors (Lipinski definition) is 0. The summed E-state index contributed by atoms with van der Waals surface area (Å²) >= 11 is 0. The summed E-state index contributed by atoms with van der Waals surface area (Å²) in [6.07, 6.45) is 3.86. The van der Waals surface area contributed by atoms with Gasteiger partial charge in [0.25, 0.3) is 5.71 Å². The fourth-order valence-corrected chi connectivity index (χ4v) is 2.52. The Labute approximate surface area is 147 Å². The Balaban J connectivity index is 1.70. The highest BCUT2D eigenvalue weighted by atomic mass is 19.1.